The van der Waals surface area contributed by atoms with Gasteiger partial charge in [-0.3, -0.25) is 13.9 Å². The van der Waals surface area contributed by atoms with Crippen LogP contribution in [0.2, 0.25) is 0 Å². The van der Waals surface area contributed by atoms with E-state index in [1.165, 1.54) is 24.1 Å². The van der Waals surface area contributed by atoms with Gasteiger partial charge < -0.3 is 15.0 Å². The zero-order chi connectivity index (χ0) is 33.1. The number of methoxy groups -OCH3 is 1. The van der Waals surface area contributed by atoms with E-state index in [1.807, 2.05) is 87.5 Å². The van der Waals surface area contributed by atoms with Gasteiger partial charge in [0.25, 0.3) is 10.0 Å². The van der Waals surface area contributed by atoms with Crippen LogP contribution in [0.25, 0.3) is 0 Å². The summed E-state index contributed by atoms with van der Waals surface area (Å²) < 4.78 is 35.3. The second-order valence-corrected chi connectivity index (χ2v) is 13.2. The summed E-state index contributed by atoms with van der Waals surface area (Å²) in [4.78, 5) is 30.0. The SMILES string of the molecule is CCCCNC(=O)[C@@H](Cc1ccccc1)N(Cc1ccccc1)C(=O)CN(c1cc(C)ccc1OC)S(=O)(=O)c1ccc(C)cc1. The number of amides is 2. The number of carbonyl (C=O) groups is 2. The maximum Gasteiger partial charge on any atom is 0.264 e. The molecule has 8 nitrogen and oxygen atoms in total. The Labute approximate surface area is 273 Å². The Kier molecular flexibility index (Phi) is 12.0. The molecule has 0 aliphatic carbocycles. The van der Waals surface area contributed by atoms with Crippen molar-refractivity contribution in [1.29, 1.82) is 0 Å². The molecule has 0 radical (unpaired) electrons. The van der Waals surface area contributed by atoms with Gasteiger partial charge in [0.05, 0.1) is 17.7 Å². The maximum absolute atomic E-state index is 14.6. The molecule has 242 valence electrons. The molecule has 0 spiro atoms. The molecule has 1 N–H and O–H groups in total. The van der Waals surface area contributed by atoms with Crippen LogP contribution in [0.15, 0.2) is 108 Å². The summed E-state index contributed by atoms with van der Waals surface area (Å²) in [5.74, 6) is -0.501. The van der Waals surface area contributed by atoms with E-state index in [0.717, 1.165) is 39.4 Å². The lowest BCUT2D eigenvalue weighted by atomic mass is 10.0. The van der Waals surface area contributed by atoms with Gasteiger partial charge in [0.2, 0.25) is 11.8 Å². The summed E-state index contributed by atoms with van der Waals surface area (Å²) in [6, 6.07) is 29.7. The first-order valence-electron chi connectivity index (χ1n) is 15.5. The predicted octanol–water partition coefficient (Wildman–Crippen LogP) is 6.06. The van der Waals surface area contributed by atoms with E-state index in [0.29, 0.717) is 12.3 Å². The molecule has 0 aromatic heterocycles. The Morgan fingerprint density at radius 3 is 2.04 bits per heavy atom. The molecule has 2 amide bonds. The van der Waals surface area contributed by atoms with E-state index in [4.69, 9.17) is 4.74 Å². The topological polar surface area (TPSA) is 96.0 Å². The highest BCUT2D eigenvalue weighted by Gasteiger charge is 2.35. The molecule has 0 fully saturated rings. The standard InChI is InChI=1S/C37H43N3O5S/c1-5-6-23-38-37(42)34(25-30-13-9-7-10-14-30)39(26-31-15-11-8-12-16-31)36(41)27-40(33-24-29(3)19-22-35(33)45-4)46(43,44)32-20-17-28(2)18-21-32/h7-22,24,34H,5-6,23,25-27H2,1-4H3,(H,38,42)/t34-/m1/s1. The monoisotopic (exact) mass is 641 g/mol. The van der Waals surface area contributed by atoms with Gasteiger partial charge in [-0.15, -0.1) is 0 Å². The van der Waals surface area contributed by atoms with Crippen LogP contribution < -0.4 is 14.4 Å². The van der Waals surface area contributed by atoms with Crippen LogP contribution in [0.1, 0.15) is 42.0 Å². The van der Waals surface area contributed by atoms with E-state index in [-0.39, 0.29) is 29.5 Å². The lowest BCUT2D eigenvalue weighted by molar-refractivity contribution is -0.140. The Bertz CT molecular complexity index is 1690. The smallest absolute Gasteiger partial charge is 0.264 e. The number of benzene rings is 4. The van der Waals surface area contributed by atoms with E-state index in [2.05, 4.69) is 5.32 Å². The van der Waals surface area contributed by atoms with Crippen molar-refractivity contribution in [2.24, 2.45) is 0 Å². The fraction of sp³-hybridized carbons (Fsp3) is 0.297. The minimum atomic E-state index is -4.24. The minimum absolute atomic E-state index is 0.0437. The van der Waals surface area contributed by atoms with Crippen molar-refractivity contribution < 1.29 is 22.7 Å². The number of nitrogens with zero attached hydrogens (tertiary/aromatic N) is 2. The number of anilines is 1. The maximum atomic E-state index is 14.6. The molecule has 0 saturated heterocycles. The largest absolute Gasteiger partial charge is 0.495 e. The zero-order valence-corrected chi connectivity index (χ0v) is 27.8. The van der Waals surface area contributed by atoms with Crippen LogP contribution in [0.3, 0.4) is 0 Å². The molecule has 4 aromatic carbocycles. The van der Waals surface area contributed by atoms with Gasteiger partial charge in [-0.2, -0.15) is 0 Å². The minimum Gasteiger partial charge on any atom is -0.495 e. The molecule has 0 aliphatic rings. The van der Waals surface area contributed by atoms with Crippen molar-refractivity contribution in [2.45, 2.75) is 57.5 Å². The van der Waals surface area contributed by atoms with Gasteiger partial charge in [0.1, 0.15) is 18.3 Å². The Morgan fingerprint density at radius 1 is 0.826 bits per heavy atom. The van der Waals surface area contributed by atoms with E-state index in [9.17, 15) is 18.0 Å². The van der Waals surface area contributed by atoms with Crippen LogP contribution in [0, 0.1) is 13.8 Å². The normalized spacial score (nSPS) is 11.8. The average molecular weight is 642 g/mol. The quantitative estimate of drug-likeness (QED) is 0.159. The first-order valence-corrected chi connectivity index (χ1v) is 17.0. The third kappa shape index (κ3) is 8.75. The predicted molar refractivity (Wildman–Crippen MR) is 182 cm³/mol. The van der Waals surface area contributed by atoms with Crippen molar-refractivity contribution in [3.63, 3.8) is 0 Å². The molecule has 4 rings (SSSR count). The van der Waals surface area contributed by atoms with E-state index >= 15 is 0 Å². The molecule has 0 heterocycles. The first kappa shape index (κ1) is 34.2. The van der Waals surface area contributed by atoms with E-state index < -0.39 is 28.5 Å². The van der Waals surface area contributed by atoms with Gasteiger partial charge in [-0.1, -0.05) is 97.8 Å². The number of hydrogen-bond acceptors (Lipinski definition) is 5. The first-order chi connectivity index (χ1) is 22.1. The fourth-order valence-corrected chi connectivity index (χ4v) is 6.60. The molecule has 9 heteroatoms. The fourth-order valence-electron chi connectivity index (χ4n) is 5.19. The van der Waals surface area contributed by atoms with Crippen molar-refractivity contribution in [3.8, 4) is 5.75 Å². The highest BCUT2D eigenvalue weighted by atomic mass is 32.2. The van der Waals surface area contributed by atoms with Crippen LogP contribution >= 0.6 is 0 Å². The summed E-state index contributed by atoms with van der Waals surface area (Å²) in [7, 11) is -2.78. The second kappa shape index (κ2) is 16.1. The Morgan fingerprint density at radius 2 is 1.43 bits per heavy atom. The van der Waals surface area contributed by atoms with Crippen LogP contribution in [-0.2, 0) is 32.6 Å². The molecule has 0 saturated carbocycles. The van der Waals surface area contributed by atoms with Crippen LogP contribution in [0.4, 0.5) is 5.69 Å². The number of ether oxygens (including phenoxy) is 1. The highest BCUT2D eigenvalue weighted by molar-refractivity contribution is 7.92. The zero-order valence-electron chi connectivity index (χ0n) is 27.0. The van der Waals surface area contributed by atoms with Gasteiger partial charge in [0.15, 0.2) is 0 Å². The summed E-state index contributed by atoms with van der Waals surface area (Å²) in [6.07, 6.45) is 1.96. The van der Waals surface area contributed by atoms with Crippen molar-refractivity contribution in [2.75, 3.05) is 24.5 Å². The molecule has 46 heavy (non-hydrogen) atoms. The Hall–Kier alpha value is -4.63. The number of sulfonamides is 1. The molecule has 4 aromatic rings. The summed E-state index contributed by atoms with van der Waals surface area (Å²) in [5, 5.41) is 3.01. The molecular formula is C37H43N3O5S. The van der Waals surface area contributed by atoms with Crippen LogP contribution in [0.5, 0.6) is 5.75 Å². The summed E-state index contributed by atoms with van der Waals surface area (Å²) >= 11 is 0. The average Bonchev–Trinajstić information content (AvgIpc) is 3.06. The number of rotatable bonds is 15. The highest BCUT2D eigenvalue weighted by Crippen LogP contribution is 2.34. The van der Waals surface area contributed by atoms with Gasteiger partial charge in [-0.05, 0) is 61.2 Å². The number of unbranched alkanes of at least 4 members (excludes halogenated alkanes) is 1. The third-order valence-corrected chi connectivity index (χ3v) is 9.56. The molecule has 1 atom stereocenters. The third-order valence-electron chi connectivity index (χ3n) is 7.79. The summed E-state index contributed by atoms with van der Waals surface area (Å²) in [6.45, 7) is 5.81. The van der Waals surface area contributed by atoms with Crippen molar-refractivity contribution in [1.82, 2.24) is 10.2 Å². The lowest BCUT2D eigenvalue weighted by Gasteiger charge is -2.34. The number of carbonyl (C=O) groups excluding carboxylic acids is 2. The van der Waals surface area contributed by atoms with E-state index in [1.54, 1.807) is 24.3 Å². The molecular weight excluding hydrogens is 598 g/mol. The van der Waals surface area contributed by atoms with Gasteiger partial charge >= 0.3 is 0 Å². The molecule has 0 bridgehead atoms. The second-order valence-electron chi connectivity index (χ2n) is 11.4. The van der Waals surface area contributed by atoms with Crippen molar-refractivity contribution >= 4 is 27.5 Å². The van der Waals surface area contributed by atoms with Crippen LogP contribution in [-0.4, -0.2) is 51.4 Å². The Balaban J connectivity index is 1.82. The lowest BCUT2D eigenvalue weighted by Crippen LogP contribution is -2.53. The summed E-state index contributed by atoms with van der Waals surface area (Å²) in [5.41, 5.74) is 3.64. The van der Waals surface area contributed by atoms with Gasteiger partial charge in [0, 0.05) is 19.5 Å². The van der Waals surface area contributed by atoms with Gasteiger partial charge in [-0.25, -0.2) is 8.42 Å². The number of aryl methyl sites for hydroxylation is 2. The molecule has 0 aliphatic heterocycles. The molecule has 0 unspecified atom stereocenters. The van der Waals surface area contributed by atoms with Crippen molar-refractivity contribution in [3.05, 3.63) is 125 Å². The number of hydrogen-bond donors (Lipinski definition) is 1. The number of nitrogens with one attached hydrogen (secondary N) is 1.